The number of halogens is 2. The molecule has 4 N–H and O–H groups in total. The molecular weight excluding hydrogens is 450 g/mol. The highest BCUT2D eigenvalue weighted by Crippen LogP contribution is 2.51. The van der Waals surface area contributed by atoms with Gasteiger partial charge in [-0.1, -0.05) is 17.4 Å². The fraction of sp³-hybridized carbons (Fsp3) is 0.391. The molecule has 0 aliphatic carbocycles. The molecule has 1 saturated heterocycles. The van der Waals surface area contributed by atoms with Gasteiger partial charge in [0.05, 0.1) is 28.9 Å². The van der Waals surface area contributed by atoms with E-state index in [9.17, 15) is 18.7 Å². The number of nitrogens with two attached hydrogens (primary N) is 1. The summed E-state index contributed by atoms with van der Waals surface area (Å²) in [7, 11) is 0. The number of fused-ring (bicyclic) bond motifs is 3. The Labute approximate surface area is 193 Å². The highest BCUT2D eigenvalue weighted by Gasteiger charge is 2.38. The van der Waals surface area contributed by atoms with E-state index in [1.165, 1.54) is 17.4 Å². The zero-order chi connectivity index (χ0) is 23.1. The minimum Gasteiger partial charge on any atom is -0.481 e. The lowest BCUT2D eigenvalue weighted by Crippen LogP contribution is -2.35. The number of nitrogens with one attached hydrogen (secondary N) is 1. The van der Waals surface area contributed by atoms with Crippen molar-refractivity contribution in [3.63, 3.8) is 0 Å². The second-order valence-corrected chi connectivity index (χ2v) is 9.30. The standard InChI is InChI=1S/C23H24F2N4O3S/c24-16-2-1-12(9-17(16)25)14-3-5-27-11-15(14)18-19-20-13(4-7-30)10-28-29(20)6-8-32-23(19)33-21(18)22(26)31/h1-2,9-10,14-15,27,30H,3-8,11H2,(H2,26,31)/t14-,15+/m1/s1. The van der Waals surface area contributed by atoms with E-state index in [2.05, 4.69) is 10.4 Å². The van der Waals surface area contributed by atoms with E-state index in [-0.39, 0.29) is 18.4 Å². The molecule has 0 spiro atoms. The molecule has 33 heavy (non-hydrogen) atoms. The van der Waals surface area contributed by atoms with Crippen LogP contribution >= 0.6 is 11.3 Å². The quantitative estimate of drug-likeness (QED) is 0.528. The maximum absolute atomic E-state index is 14.1. The van der Waals surface area contributed by atoms with Crippen LogP contribution in [0.5, 0.6) is 5.06 Å². The highest BCUT2D eigenvalue weighted by atomic mass is 32.1. The average molecular weight is 475 g/mol. The first-order valence-corrected chi connectivity index (χ1v) is 11.7. The molecule has 7 nitrogen and oxygen atoms in total. The minimum atomic E-state index is -0.893. The minimum absolute atomic E-state index is 0.0422. The van der Waals surface area contributed by atoms with Crippen LogP contribution in [0.15, 0.2) is 24.4 Å². The molecular formula is C23H24F2N4O3S. The first-order chi connectivity index (χ1) is 16.0. The summed E-state index contributed by atoms with van der Waals surface area (Å²) in [4.78, 5) is 13.0. The average Bonchev–Trinajstić information content (AvgIpc) is 3.32. The lowest BCUT2D eigenvalue weighted by Gasteiger charge is -2.34. The molecule has 0 radical (unpaired) electrons. The number of piperidine rings is 1. The zero-order valence-corrected chi connectivity index (χ0v) is 18.6. The lowest BCUT2D eigenvalue weighted by molar-refractivity contribution is 0.100. The molecule has 0 saturated carbocycles. The molecule has 10 heteroatoms. The molecule has 4 heterocycles. The van der Waals surface area contributed by atoms with E-state index in [0.717, 1.165) is 28.5 Å². The highest BCUT2D eigenvalue weighted by molar-refractivity contribution is 7.16. The third-order valence-corrected chi connectivity index (χ3v) is 7.56. The van der Waals surface area contributed by atoms with Gasteiger partial charge in [0.1, 0.15) is 6.61 Å². The van der Waals surface area contributed by atoms with Crippen LogP contribution in [0.25, 0.3) is 11.3 Å². The lowest BCUT2D eigenvalue weighted by atomic mass is 9.75. The van der Waals surface area contributed by atoms with E-state index in [1.807, 2.05) is 4.68 Å². The van der Waals surface area contributed by atoms with Crippen molar-refractivity contribution in [3.05, 3.63) is 57.6 Å². The van der Waals surface area contributed by atoms with Crippen molar-refractivity contribution in [1.29, 1.82) is 0 Å². The Bertz CT molecular complexity index is 1210. The van der Waals surface area contributed by atoms with Gasteiger partial charge >= 0.3 is 0 Å². The number of primary amides is 1. The summed E-state index contributed by atoms with van der Waals surface area (Å²) >= 11 is 1.21. The number of aliphatic hydroxyl groups is 1. The molecule has 1 aromatic carbocycles. The molecule has 1 amide bonds. The van der Waals surface area contributed by atoms with Crippen molar-refractivity contribution < 1.29 is 23.4 Å². The number of nitrogens with zero attached hydrogens (tertiary/aromatic N) is 2. The third-order valence-electron chi connectivity index (χ3n) is 6.43. The first kappa shape index (κ1) is 22.0. The van der Waals surface area contributed by atoms with Crippen molar-refractivity contribution in [1.82, 2.24) is 15.1 Å². The SMILES string of the molecule is NC(=O)c1sc2c(c1[C@H]1CNCC[C@@H]1c1ccc(F)c(F)c1)-c1c(CCO)cnn1CCO2. The Hall–Kier alpha value is -2.82. The zero-order valence-electron chi connectivity index (χ0n) is 17.8. The summed E-state index contributed by atoms with van der Waals surface area (Å²) in [5.41, 5.74) is 9.66. The molecule has 174 valence electrons. The molecule has 0 bridgehead atoms. The van der Waals surface area contributed by atoms with E-state index in [4.69, 9.17) is 10.5 Å². The number of aromatic nitrogens is 2. The molecule has 3 aromatic rings. The summed E-state index contributed by atoms with van der Waals surface area (Å²) in [6.45, 7) is 2.12. The smallest absolute Gasteiger partial charge is 0.259 e. The number of benzene rings is 1. The van der Waals surface area contributed by atoms with Crippen LogP contribution in [0.4, 0.5) is 8.78 Å². The normalized spacial score (nSPS) is 20.0. The molecule has 0 unspecified atom stereocenters. The maximum atomic E-state index is 14.1. The number of aliphatic hydroxyl groups excluding tert-OH is 1. The van der Waals surface area contributed by atoms with E-state index >= 15 is 0 Å². The van der Waals surface area contributed by atoms with Crippen molar-refractivity contribution >= 4 is 17.2 Å². The van der Waals surface area contributed by atoms with Crippen molar-refractivity contribution in [3.8, 4) is 16.3 Å². The molecule has 1 fully saturated rings. The topological polar surface area (TPSA) is 102 Å². The molecule has 2 aromatic heterocycles. The van der Waals surface area contributed by atoms with Gasteiger partial charge in [-0.2, -0.15) is 5.10 Å². The third kappa shape index (κ3) is 3.81. The predicted octanol–water partition coefficient (Wildman–Crippen LogP) is 2.78. The predicted molar refractivity (Wildman–Crippen MR) is 120 cm³/mol. The number of hydrogen-bond acceptors (Lipinski definition) is 6. The van der Waals surface area contributed by atoms with Crippen LogP contribution in [-0.2, 0) is 13.0 Å². The van der Waals surface area contributed by atoms with Gasteiger partial charge in [0, 0.05) is 24.6 Å². The second-order valence-electron chi connectivity index (χ2n) is 8.31. The van der Waals surface area contributed by atoms with Crippen LogP contribution in [0.3, 0.4) is 0 Å². The van der Waals surface area contributed by atoms with Gasteiger partial charge in [-0.05, 0) is 48.6 Å². The van der Waals surface area contributed by atoms with Gasteiger partial charge in [-0.3, -0.25) is 9.48 Å². The van der Waals surface area contributed by atoms with Gasteiger partial charge in [-0.15, -0.1) is 0 Å². The Morgan fingerprint density at radius 3 is 2.94 bits per heavy atom. The van der Waals surface area contributed by atoms with Gasteiger partial charge in [0.15, 0.2) is 16.7 Å². The van der Waals surface area contributed by atoms with Gasteiger partial charge < -0.3 is 20.9 Å². The van der Waals surface area contributed by atoms with Gasteiger partial charge in [0.2, 0.25) is 0 Å². The summed E-state index contributed by atoms with van der Waals surface area (Å²) in [5.74, 6) is -2.72. The molecule has 5 rings (SSSR count). The van der Waals surface area contributed by atoms with E-state index < -0.39 is 17.5 Å². The summed E-state index contributed by atoms with van der Waals surface area (Å²) < 4.78 is 35.6. The van der Waals surface area contributed by atoms with Crippen LogP contribution in [-0.4, -0.2) is 47.1 Å². The van der Waals surface area contributed by atoms with E-state index in [1.54, 1.807) is 12.3 Å². The number of carbonyl (C=O) groups excluding carboxylic acids is 1. The summed E-state index contributed by atoms with van der Waals surface area (Å²) in [5, 5.41) is 18.0. The number of ether oxygens (including phenoxy) is 1. The fourth-order valence-corrected chi connectivity index (χ4v) is 6.10. The Morgan fingerprint density at radius 1 is 1.33 bits per heavy atom. The maximum Gasteiger partial charge on any atom is 0.259 e. The van der Waals surface area contributed by atoms with Gasteiger partial charge in [-0.25, -0.2) is 8.78 Å². The largest absolute Gasteiger partial charge is 0.481 e. The molecule has 2 aliphatic rings. The Balaban J connectivity index is 1.72. The van der Waals surface area contributed by atoms with E-state index in [0.29, 0.717) is 54.6 Å². The van der Waals surface area contributed by atoms with Crippen molar-refractivity contribution in [2.24, 2.45) is 5.73 Å². The van der Waals surface area contributed by atoms with Crippen molar-refractivity contribution in [2.75, 3.05) is 26.3 Å². The number of carbonyl (C=O) groups is 1. The second kappa shape index (κ2) is 8.85. The number of amides is 1. The Kier molecular flexibility index (Phi) is 5.90. The number of rotatable bonds is 5. The fourth-order valence-electron chi connectivity index (χ4n) is 5.00. The summed E-state index contributed by atoms with van der Waals surface area (Å²) in [6.07, 6.45) is 2.83. The number of hydrogen-bond donors (Lipinski definition) is 3. The van der Waals surface area contributed by atoms with Crippen LogP contribution < -0.4 is 15.8 Å². The van der Waals surface area contributed by atoms with Gasteiger partial charge in [0.25, 0.3) is 5.91 Å². The van der Waals surface area contributed by atoms with Crippen LogP contribution in [0.2, 0.25) is 0 Å². The monoisotopic (exact) mass is 474 g/mol. The van der Waals surface area contributed by atoms with Crippen LogP contribution in [0, 0.1) is 11.6 Å². The molecule has 2 atom stereocenters. The van der Waals surface area contributed by atoms with Crippen LogP contribution in [0.1, 0.15) is 44.6 Å². The Morgan fingerprint density at radius 2 is 2.18 bits per heavy atom. The number of thiophene rings is 1. The molecule has 2 aliphatic heterocycles. The summed E-state index contributed by atoms with van der Waals surface area (Å²) in [6, 6.07) is 3.99. The first-order valence-electron chi connectivity index (χ1n) is 10.9. The van der Waals surface area contributed by atoms with Crippen molar-refractivity contribution in [2.45, 2.75) is 31.2 Å².